The molecule has 33 heavy (non-hydrogen) atoms. The van der Waals surface area contributed by atoms with E-state index in [0.29, 0.717) is 12.1 Å². The number of nitrogens with two attached hydrogens (primary N) is 1. The number of primary amides is 1. The van der Waals surface area contributed by atoms with Crippen molar-refractivity contribution in [2.75, 3.05) is 11.9 Å². The molecule has 1 heterocycles. The molecular formula is C23H27F3N6O. The second kappa shape index (κ2) is 9.43. The van der Waals surface area contributed by atoms with E-state index in [1.54, 1.807) is 4.68 Å². The highest BCUT2D eigenvalue weighted by Gasteiger charge is 2.34. The van der Waals surface area contributed by atoms with Crippen molar-refractivity contribution >= 4 is 17.4 Å². The Morgan fingerprint density at radius 1 is 1.21 bits per heavy atom. The Bertz CT molecular complexity index is 1020. The van der Waals surface area contributed by atoms with Crippen LogP contribution in [-0.2, 0) is 6.18 Å². The van der Waals surface area contributed by atoms with Crippen LogP contribution >= 0.6 is 0 Å². The van der Waals surface area contributed by atoms with Crippen molar-refractivity contribution in [3.8, 4) is 6.07 Å². The van der Waals surface area contributed by atoms with Crippen LogP contribution in [0.3, 0.4) is 0 Å². The Balaban J connectivity index is 1.47. The minimum absolute atomic E-state index is 0.122. The summed E-state index contributed by atoms with van der Waals surface area (Å²) in [4.78, 5) is 12.0. The summed E-state index contributed by atoms with van der Waals surface area (Å²) in [5.41, 5.74) is 5.21. The van der Waals surface area contributed by atoms with Gasteiger partial charge in [-0.25, -0.2) is 0 Å². The van der Waals surface area contributed by atoms with Crippen molar-refractivity contribution in [2.24, 2.45) is 17.6 Å². The summed E-state index contributed by atoms with van der Waals surface area (Å²) in [5.74, 6) is -0.0901. The van der Waals surface area contributed by atoms with Crippen molar-refractivity contribution < 1.29 is 18.0 Å². The van der Waals surface area contributed by atoms with Gasteiger partial charge < -0.3 is 16.4 Å². The molecule has 0 unspecified atom stereocenters. The second-order valence-electron chi connectivity index (χ2n) is 8.95. The monoisotopic (exact) mass is 460 g/mol. The normalized spacial score (nSPS) is 23.5. The highest BCUT2D eigenvalue weighted by atomic mass is 19.4. The van der Waals surface area contributed by atoms with Gasteiger partial charge in [0.25, 0.3) is 5.91 Å². The number of alkyl halides is 3. The van der Waals surface area contributed by atoms with E-state index in [9.17, 15) is 23.2 Å². The summed E-state index contributed by atoms with van der Waals surface area (Å²) in [5, 5.41) is 20.7. The van der Waals surface area contributed by atoms with Gasteiger partial charge in [-0.05, 0) is 68.8 Å². The fraction of sp³-hybridized carbons (Fsp3) is 0.522. The number of nitriles is 1. The zero-order chi connectivity index (χ0) is 23.6. The molecule has 4 N–H and O–H groups in total. The Hall–Kier alpha value is -3.06. The van der Waals surface area contributed by atoms with Crippen molar-refractivity contribution in [3.63, 3.8) is 0 Å². The number of benzene rings is 1. The predicted octanol–water partition coefficient (Wildman–Crippen LogP) is 4.37. The summed E-state index contributed by atoms with van der Waals surface area (Å²) in [6.07, 6.45) is 3.22. The third-order valence-electron chi connectivity index (χ3n) is 6.71. The fourth-order valence-corrected chi connectivity index (χ4v) is 4.54. The van der Waals surface area contributed by atoms with Gasteiger partial charge in [0.15, 0.2) is 5.82 Å². The van der Waals surface area contributed by atoms with Crippen LogP contribution in [0.25, 0.3) is 0 Å². The number of aromatic nitrogens is 2. The highest BCUT2D eigenvalue weighted by Crippen LogP contribution is 2.36. The number of carbonyl (C=O) groups is 1. The van der Waals surface area contributed by atoms with Crippen LogP contribution in [0.5, 0.6) is 0 Å². The van der Waals surface area contributed by atoms with Crippen LogP contribution in [-0.4, -0.2) is 28.3 Å². The van der Waals surface area contributed by atoms with Gasteiger partial charge in [0, 0.05) is 17.9 Å². The summed E-state index contributed by atoms with van der Waals surface area (Å²) in [6.45, 7) is 0.988. The molecule has 7 nitrogen and oxygen atoms in total. The molecule has 3 atom stereocenters. The molecule has 0 bridgehead atoms. The number of rotatable bonds is 7. The largest absolute Gasteiger partial charge is 0.416 e. The molecule has 0 saturated heterocycles. The van der Waals surface area contributed by atoms with Crippen LogP contribution in [0.2, 0.25) is 0 Å². The van der Waals surface area contributed by atoms with Gasteiger partial charge >= 0.3 is 6.18 Å². The first-order chi connectivity index (χ1) is 15.7. The van der Waals surface area contributed by atoms with Crippen molar-refractivity contribution in [3.05, 3.63) is 41.6 Å². The fourth-order valence-electron chi connectivity index (χ4n) is 4.54. The standard InChI is InChI=1S/C23H27F3N6O/c24-23(25,26)16-4-6-17(7-5-16)30-22-19(21(28)33)13-32(31-22)20-9-8-18(10-15(20)11-27)29-12-14-2-1-3-14/h4-7,13-15,18,20,29H,1-3,8-10,12H2,(H2,28,33)(H,30,31)/t15-,18-,20+/m0/s1. The Morgan fingerprint density at radius 2 is 1.94 bits per heavy atom. The average molecular weight is 461 g/mol. The number of hydrogen-bond acceptors (Lipinski definition) is 5. The van der Waals surface area contributed by atoms with E-state index in [0.717, 1.165) is 37.4 Å². The summed E-state index contributed by atoms with van der Waals surface area (Å²) >= 11 is 0. The topological polar surface area (TPSA) is 109 Å². The molecule has 4 rings (SSSR count). The quantitative estimate of drug-likeness (QED) is 0.569. The SMILES string of the molecule is N#C[C@@H]1C[C@@H](NCC2CCC2)CC[C@H]1n1cc(C(N)=O)c(Nc2ccc(C(F)(F)F)cc2)n1. The molecule has 0 aliphatic heterocycles. The number of halogens is 3. The second-order valence-corrected chi connectivity index (χ2v) is 8.95. The number of hydrogen-bond donors (Lipinski definition) is 3. The Labute approximate surface area is 190 Å². The van der Waals surface area contributed by atoms with Crippen molar-refractivity contribution in [1.29, 1.82) is 5.26 Å². The zero-order valence-electron chi connectivity index (χ0n) is 18.1. The molecule has 1 aromatic heterocycles. The number of nitrogens with one attached hydrogen (secondary N) is 2. The lowest BCUT2D eigenvalue weighted by Crippen LogP contribution is -2.41. The lowest BCUT2D eigenvalue weighted by molar-refractivity contribution is -0.137. The molecule has 0 spiro atoms. The van der Waals surface area contributed by atoms with Crippen LogP contribution in [0, 0.1) is 23.2 Å². The van der Waals surface area contributed by atoms with E-state index in [1.165, 1.54) is 37.6 Å². The van der Waals surface area contributed by atoms with Gasteiger partial charge in [-0.1, -0.05) is 6.42 Å². The first kappa shape index (κ1) is 23.1. The minimum Gasteiger partial charge on any atom is -0.365 e. The van der Waals surface area contributed by atoms with Gasteiger partial charge in [-0.3, -0.25) is 9.48 Å². The number of anilines is 2. The predicted molar refractivity (Wildman–Crippen MR) is 117 cm³/mol. The molecule has 176 valence electrons. The maximum atomic E-state index is 12.8. The average Bonchev–Trinajstić information content (AvgIpc) is 3.16. The van der Waals surface area contributed by atoms with Gasteiger partial charge in [0.1, 0.15) is 5.56 Å². The molecular weight excluding hydrogens is 433 g/mol. The van der Waals surface area contributed by atoms with Crippen LogP contribution in [0.15, 0.2) is 30.5 Å². The number of nitrogens with zero attached hydrogens (tertiary/aromatic N) is 3. The first-order valence-electron chi connectivity index (χ1n) is 11.2. The molecule has 10 heteroatoms. The molecule has 2 aromatic rings. The number of carbonyl (C=O) groups excluding carboxylic acids is 1. The zero-order valence-corrected chi connectivity index (χ0v) is 18.1. The molecule has 0 radical (unpaired) electrons. The van der Waals surface area contributed by atoms with Crippen molar-refractivity contribution in [2.45, 2.75) is 56.8 Å². The van der Waals surface area contributed by atoms with Crippen LogP contribution in [0.1, 0.15) is 60.5 Å². The van der Waals surface area contributed by atoms with Crippen LogP contribution in [0.4, 0.5) is 24.7 Å². The summed E-state index contributed by atoms with van der Waals surface area (Å²) in [6, 6.07) is 6.89. The van der Waals surface area contributed by atoms with Gasteiger partial charge in [-0.15, -0.1) is 0 Å². The van der Waals surface area contributed by atoms with Gasteiger partial charge in [-0.2, -0.15) is 23.5 Å². The molecule has 2 fully saturated rings. The number of amides is 1. The van der Waals surface area contributed by atoms with E-state index >= 15 is 0 Å². The molecule has 1 amide bonds. The van der Waals surface area contributed by atoms with E-state index in [-0.39, 0.29) is 29.4 Å². The van der Waals surface area contributed by atoms with E-state index in [2.05, 4.69) is 21.8 Å². The van der Waals surface area contributed by atoms with E-state index < -0.39 is 17.6 Å². The lowest BCUT2D eigenvalue weighted by atomic mass is 9.81. The van der Waals surface area contributed by atoms with Gasteiger partial charge in [0.2, 0.25) is 0 Å². The maximum absolute atomic E-state index is 12.8. The summed E-state index contributed by atoms with van der Waals surface area (Å²) < 4.78 is 40.0. The molecule has 1 aromatic carbocycles. The van der Waals surface area contributed by atoms with Crippen LogP contribution < -0.4 is 16.4 Å². The Kier molecular flexibility index (Phi) is 6.61. The molecule has 2 saturated carbocycles. The highest BCUT2D eigenvalue weighted by molar-refractivity contribution is 5.98. The molecule has 2 aliphatic carbocycles. The maximum Gasteiger partial charge on any atom is 0.416 e. The first-order valence-corrected chi connectivity index (χ1v) is 11.2. The third kappa shape index (κ3) is 5.30. The summed E-state index contributed by atoms with van der Waals surface area (Å²) in [7, 11) is 0. The Morgan fingerprint density at radius 3 is 2.52 bits per heavy atom. The molecule has 2 aliphatic rings. The third-order valence-corrected chi connectivity index (χ3v) is 6.71. The van der Waals surface area contributed by atoms with E-state index in [1.807, 2.05) is 0 Å². The smallest absolute Gasteiger partial charge is 0.365 e. The van der Waals surface area contributed by atoms with E-state index in [4.69, 9.17) is 5.73 Å². The minimum atomic E-state index is -4.43. The van der Waals surface area contributed by atoms with Crippen molar-refractivity contribution in [1.82, 2.24) is 15.1 Å². The lowest BCUT2D eigenvalue weighted by Gasteiger charge is -2.35. The van der Waals surface area contributed by atoms with Gasteiger partial charge in [0.05, 0.1) is 23.6 Å².